The number of hydrogen-bond donors (Lipinski definition) is 3. The number of nitrogens with one attached hydrogen (secondary N) is 2. The highest BCUT2D eigenvalue weighted by atomic mass is 16.6. The number of aryl methyl sites for hydroxylation is 1. The minimum atomic E-state index is -1.52. The van der Waals surface area contributed by atoms with Gasteiger partial charge < -0.3 is 25.4 Å². The molecule has 2 aromatic rings. The molecule has 0 aromatic heterocycles. The zero-order valence-corrected chi connectivity index (χ0v) is 24.0. The minimum absolute atomic E-state index is 0.0257. The molecule has 1 aliphatic heterocycles. The summed E-state index contributed by atoms with van der Waals surface area (Å²) in [6, 6.07) is 13.6. The average molecular weight is 577 g/mol. The van der Waals surface area contributed by atoms with Crippen molar-refractivity contribution in [2.75, 3.05) is 11.9 Å². The highest BCUT2D eigenvalue weighted by Crippen LogP contribution is 2.46. The normalized spacial score (nSPS) is 20.7. The number of fused-ring (bicyclic) bond motifs is 2. The summed E-state index contributed by atoms with van der Waals surface area (Å²) in [4.78, 5) is 66.9. The van der Waals surface area contributed by atoms with Crippen LogP contribution in [0.2, 0.25) is 0 Å². The predicted octanol–water partition coefficient (Wildman–Crippen LogP) is 3.86. The van der Waals surface area contributed by atoms with Crippen molar-refractivity contribution < 1.29 is 33.8 Å². The van der Waals surface area contributed by atoms with Gasteiger partial charge in [0.1, 0.15) is 12.6 Å². The summed E-state index contributed by atoms with van der Waals surface area (Å²) in [5.41, 5.74) is 1.12. The lowest BCUT2D eigenvalue weighted by atomic mass is 9.94. The van der Waals surface area contributed by atoms with Crippen LogP contribution in [0.25, 0.3) is 0 Å². The first-order chi connectivity index (χ1) is 20.0. The Morgan fingerprint density at radius 3 is 2.45 bits per heavy atom. The number of amides is 5. The Bertz CT molecular complexity index is 1410. The van der Waals surface area contributed by atoms with E-state index < -0.39 is 42.2 Å². The van der Waals surface area contributed by atoms with Crippen LogP contribution in [-0.2, 0) is 37.7 Å². The lowest BCUT2D eigenvalue weighted by molar-refractivity contribution is -0.143. The number of ether oxygens (including phenoxy) is 1. The van der Waals surface area contributed by atoms with Crippen molar-refractivity contribution in [1.29, 1.82) is 0 Å². The third kappa shape index (κ3) is 5.68. The molecule has 11 heteroatoms. The van der Waals surface area contributed by atoms with Crippen LogP contribution in [0, 0.1) is 11.8 Å². The van der Waals surface area contributed by atoms with Crippen LogP contribution in [0.1, 0.15) is 56.7 Å². The Labute approximate surface area is 244 Å². The van der Waals surface area contributed by atoms with Gasteiger partial charge in [-0.25, -0.2) is 14.5 Å². The summed E-state index contributed by atoms with van der Waals surface area (Å²) in [5, 5.41) is 14.0. The quantitative estimate of drug-likeness (QED) is 0.389. The molecule has 1 saturated carbocycles. The van der Waals surface area contributed by atoms with E-state index in [1.807, 2.05) is 37.3 Å². The smallest absolute Gasteiger partial charge is 0.418 e. The molecule has 1 saturated heterocycles. The first kappa shape index (κ1) is 29.1. The number of carbonyl (C=O) groups excluding carboxylic acids is 4. The van der Waals surface area contributed by atoms with Crippen molar-refractivity contribution in [2.24, 2.45) is 11.8 Å². The Morgan fingerprint density at radius 2 is 1.81 bits per heavy atom. The van der Waals surface area contributed by atoms with Crippen molar-refractivity contribution >= 4 is 35.6 Å². The first-order valence-corrected chi connectivity index (χ1v) is 14.3. The Balaban J connectivity index is 1.31. The van der Waals surface area contributed by atoms with Gasteiger partial charge in [-0.3, -0.25) is 14.4 Å². The first-order valence-electron chi connectivity index (χ1n) is 14.3. The highest BCUT2D eigenvalue weighted by molar-refractivity contribution is 6.06. The summed E-state index contributed by atoms with van der Waals surface area (Å²) in [5.74, 6) is -1.27. The number of hydrogen-bond acceptors (Lipinski definition) is 6. The van der Waals surface area contributed by atoms with Crippen molar-refractivity contribution in [3.8, 4) is 0 Å². The van der Waals surface area contributed by atoms with Crippen LogP contribution in [0.3, 0.4) is 0 Å². The van der Waals surface area contributed by atoms with Crippen LogP contribution in [0.4, 0.5) is 15.3 Å². The number of carboxylic acid groups (broad SMARTS) is 1. The molecule has 2 fully saturated rings. The van der Waals surface area contributed by atoms with Gasteiger partial charge in [0, 0.05) is 30.3 Å². The minimum Gasteiger partial charge on any atom is -0.465 e. The maximum atomic E-state index is 13.7. The predicted molar refractivity (Wildman–Crippen MR) is 152 cm³/mol. The molecule has 11 nitrogen and oxygen atoms in total. The van der Waals surface area contributed by atoms with E-state index >= 15 is 0 Å². The van der Waals surface area contributed by atoms with E-state index in [1.54, 1.807) is 36.9 Å². The number of rotatable bonds is 10. The van der Waals surface area contributed by atoms with Crippen LogP contribution in [-0.4, -0.2) is 63.4 Å². The monoisotopic (exact) mass is 576 g/mol. The number of benzene rings is 2. The van der Waals surface area contributed by atoms with E-state index in [0.717, 1.165) is 28.9 Å². The lowest BCUT2D eigenvalue weighted by Gasteiger charge is -2.30. The zero-order chi connectivity index (χ0) is 30.2. The molecule has 3 aliphatic rings. The fraction of sp³-hybridized carbons (Fsp3) is 0.452. The van der Waals surface area contributed by atoms with Crippen LogP contribution < -0.4 is 10.6 Å². The largest absolute Gasteiger partial charge is 0.465 e. The van der Waals surface area contributed by atoms with E-state index in [-0.39, 0.29) is 24.3 Å². The molecule has 2 aliphatic carbocycles. The third-order valence-corrected chi connectivity index (χ3v) is 8.46. The molecule has 1 unspecified atom stereocenters. The second-order valence-corrected chi connectivity index (χ2v) is 11.7. The lowest BCUT2D eigenvalue weighted by Crippen LogP contribution is -2.47. The number of nitrogens with zero attached hydrogens (tertiary/aromatic N) is 2. The molecule has 3 N–H and O–H groups in total. The maximum Gasteiger partial charge on any atom is 0.418 e. The average Bonchev–Trinajstić information content (AvgIpc) is 3.70. The Morgan fingerprint density at radius 1 is 1.10 bits per heavy atom. The van der Waals surface area contributed by atoms with Gasteiger partial charge in [-0.1, -0.05) is 50.2 Å². The van der Waals surface area contributed by atoms with Crippen LogP contribution in [0.15, 0.2) is 48.5 Å². The fourth-order valence-corrected chi connectivity index (χ4v) is 5.92. The highest BCUT2D eigenvalue weighted by Gasteiger charge is 2.58. The molecular weight excluding hydrogens is 540 g/mol. The molecule has 0 radical (unpaired) electrons. The molecule has 1 heterocycles. The van der Waals surface area contributed by atoms with E-state index in [0.29, 0.717) is 30.1 Å². The topological polar surface area (TPSA) is 145 Å². The molecule has 5 amide bonds. The number of imide groups is 1. The Kier molecular flexibility index (Phi) is 7.94. The SMILES string of the molecule is CC(C)C(NC(=O)O)C(=O)Nc1ccc2c(c1)CC[C@]21OC(=O)N(CC(=O)N(Cc2ccccc2)[C@@H](C)C2CC2)C1=O. The molecule has 42 heavy (non-hydrogen) atoms. The van der Waals surface area contributed by atoms with Gasteiger partial charge in [-0.15, -0.1) is 0 Å². The van der Waals surface area contributed by atoms with Crippen molar-refractivity contribution in [3.63, 3.8) is 0 Å². The van der Waals surface area contributed by atoms with Gasteiger partial charge in [0.05, 0.1) is 0 Å². The van der Waals surface area contributed by atoms with Gasteiger partial charge in [-0.2, -0.15) is 0 Å². The molecule has 3 atom stereocenters. The van der Waals surface area contributed by atoms with Gasteiger partial charge in [0.15, 0.2) is 0 Å². The maximum absolute atomic E-state index is 13.7. The van der Waals surface area contributed by atoms with E-state index in [4.69, 9.17) is 9.84 Å². The number of anilines is 1. The molecule has 1 spiro atoms. The zero-order valence-electron chi connectivity index (χ0n) is 24.0. The third-order valence-electron chi connectivity index (χ3n) is 8.46. The molecule has 2 aromatic carbocycles. The van der Waals surface area contributed by atoms with Crippen LogP contribution >= 0.6 is 0 Å². The van der Waals surface area contributed by atoms with Gasteiger partial charge in [0.2, 0.25) is 17.4 Å². The van der Waals surface area contributed by atoms with Gasteiger partial charge >= 0.3 is 12.2 Å². The summed E-state index contributed by atoms with van der Waals surface area (Å²) in [7, 11) is 0. The van der Waals surface area contributed by atoms with Gasteiger partial charge in [0.25, 0.3) is 5.91 Å². The molecule has 5 rings (SSSR count). The Hall–Kier alpha value is -4.41. The second-order valence-electron chi connectivity index (χ2n) is 11.7. The summed E-state index contributed by atoms with van der Waals surface area (Å²) in [6.07, 6.45) is 0.573. The molecular formula is C31H36N4O7. The summed E-state index contributed by atoms with van der Waals surface area (Å²) >= 11 is 0. The van der Waals surface area contributed by atoms with Crippen molar-refractivity contribution in [3.05, 3.63) is 65.2 Å². The van der Waals surface area contributed by atoms with Gasteiger partial charge in [-0.05, 0) is 61.3 Å². The summed E-state index contributed by atoms with van der Waals surface area (Å²) in [6.45, 7) is 5.46. The van der Waals surface area contributed by atoms with E-state index in [9.17, 15) is 24.0 Å². The fourth-order valence-electron chi connectivity index (χ4n) is 5.92. The second kappa shape index (κ2) is 11.5. The van der Waals surface area contributed by atoms with E-state index in [2.05, 4.69) is 10.6 Å². The molecule has 0 bridgehead atoms. The molecule has 222 valence electrons. The van der Waals surface area contributed by atoms with E-state index in [1.165, 1.54) is 0 Å². The summed E-state index contributed by atoms with van der Waals surface area (Å²) < 4.78 is 5.72. The van der Waals surface area contributed by atoms with Crippen LogP contribution in [0.5, 0.6) is 0 Å². The van der Waals surface area contributed by atoms with Crippen molar-refractivity contribution in [1.82, 2.24) is 15.1 Å². The number of carbonyl (C=O) groups is 5. The van der Waals surface area contributed by atoms with Crippen molar-refractivity contribution in [2.45, 2.75) is 70.7 Å². The standard InChI is InChI=1S/C31H36N4O7/c1-18(2)26(33-29(39)40)27(37)32-23-11-12-24-22(15-23)13-14-31(24)28(38)35(30(41)42-31)17-25(36)34(19(3)21-9-10-21)16-20-7-5-4-6-8-20/h4-8,11-12,15,18-19,21,26,33H,9-10,13-14,16-17H2,1-3H3,(H,32,37)(H,39,40)/t19-,26?,31-/m0/s1.